The van der Waals surface area contributed by atoms with Gasteiger partial charge >= 0.3 is 0 Å². The Kier molecular flexibility index (Phi) is 6.79. The maximum absolute atomic E-state index is 5.84. The summed E-state index contributed by atoms with van der Waals surface area (Å²) in [5, 5.41) is 3.75. The lowest BCUT2D eigenvalue weighted by molar-refractivity contribution is -0.0624. The molecule has 3 nitrogen and oxygen atoms in total. The minimum Gasteiger partial charge on any atom is -0.376 e. The molecule has 1 aliphatic heterocycles. The molecule has 0 aromatic rings. The molecule has 0 amide bonds. The molecule has 20 heavy (non-hydrogen) atoms. The number of nitrogens with one attached hydrogen (secondary N) is 1. The highest BCUT2D eigenvalue weighted by Gasteiger charge is 2.30. The van der Waals surface area contributed by atoms with E-state index in [0.29, 0.717) is 12.1 Å². The summed E-state index contributed by atoms with van der Waals surface area (Å²) in [5.41, 5.74) is 0. The molecule has 0 aromatic carbocycles. The van der Waals surface area contributed by atoms with E-state index in [0.717, 1.165) is 31.7 Å². The Morgan fingerprint density at radius 2 is 1.95 bits per heavy atom. The van der Waals surface area contributed by atoms with Gasteiger partial charge in [0.2, 0.25) is 0 Å². The van der Waals surface area contributed by atoms with E-state index in [9.17, 15) is 0 Å². The van der Waals surface area contributed by atoms with Crippen LogP contribution in [0.5, 0.6) is 0 Å². The summed E-state index contributed by atoms with van der Waals surface area (Å²) in [6.07, 6.45) is 8.64. The Morgan fingerprint density at radius 3 is 2.70 bits per heavy atom. The van der Waals surface area contributed by atoms with Crippen LogP contribution in [0.2, 0.25) is 0 Å². The van der Waals surface area contributed by atoms with Crippen molar-refractivity contribution in [3.05, 3.63) is 0 Å². The van der Waals surface area contributed by atoms with Crippen molar-refractivity contribution < 1.29 is 4.74 Å². The first-order valence-corrected chi connectivity index (χ1v) is 8.83. The Balaban J connectivity index is 1.96. The van der Waals surface area contributed by atoms with Crippen LogP contribution in [0.25, 0.3) is 0 Å². The summed E-state index contributed by atoms with van der Waals surface area (Å²) in [6, 6.07) is 1.37. The SMILES string of the molecule is CCNC1CCCCCC1CN1CC(C)OCC1CC. The molecule has 0 radical (unpaired) electrons. The third-order valence-electron chi connectivity index (χ3n) is 5.15. The molecule has 1 heterocycles. The molecule has 0 spiro atoms. The molecule has 4 atom stereocenters. The van der Waals surface area contributed by atoms with E-state index in [4.69, 9.17) is 4.74 Å². The molecule has 0 bridgehead atoms. The predicted octanol–water partition coefficient (Wildman–Crippen LogP) is 3.04. The number of rotatable bonds is 5. The first kappa shape index (κ1) is 16.3. The zero-order valence-corrected chi connectivity index (χ0v) is 13.7. The molecular weight excluding hydrogens is 248 g/mol. The minimum atomic E-state index is 0.404. The molecule has 2 aliphatic rings. The number of ether oxygens (including phenoxy) is 1. The van der Waals surface area contributed by atoms with Crippen molar-refractivity contribution >= 4 is 0 Å². The van der Waals surface area contributed by atoms with Crippen molar-refractivity contribution in [2.45, 2.75) is 77.5 Å². The van der Waals surface area contributed by atoms with Gasteiger partial charge in [-0.25, -0.2) is 0 Å². The van der Waals surface area contributed by atoms with Gasteiger partial charge in [-0.3, -0.25) is 4.90 Å². The monoisotopic (exact) mass is 282 g/mol. The second-order valence-electron chi connectivity index (χ2n) is 6.72. The summed E-state index contributed by atoms with van der Waals surface area (Å²) in [5.74, 6) is 0.830. The molecule has 1 N–H and O–H groups in total. The van der Waals surface area contributed by atoms with Gasteiger partial charge < -0.3 is 10.1 Å². The van der Waals surface area contributed by atoms with Crippen molar-refractivity contribution in [1.29, 1.82) is 0 Å². The van der Waals surface area contributed by atoms with E-state index >= 15 is 0 Å². The predicted molar refractivity (Wildman–Crippen MR) is 85.1 cm³/mol. The topological polar surface area (TPSA) is 24.5 Å². The highest BCUT2D eigenvalue weighted by molar-refractivity contribution is 4.85. The standard InChI is InChI=1S/C17H34N2O/c1-4-16-13-20-14(3)11-19(16)12-15-9-7-6-8-10-17(15)18-5-2/h14-18H,4-13H2,1-3H3. The average molecular weight is 282 g/mol. The fourth-order valence-electron chi connectivity index (χ4n) is 3.95. The lowest BCUT2D eigenvalue weighted by atomic mass is 9.93. The van der Waals surface area contributed by atoms with Crippen LogP contribution >= 0.6 is 0 Å². The molecule has 1 aliphatic carbocycles. The lowest BCUT2D eigenvalue weighted by Gasteiger charge is -2.41. The summed E-state index contributed by atoms with van der Waals surface area (Å²) >= 11 is 0. The fraction of sp³-hybridized carbons (Fsp3) is 1.00. The fourth-order valence-corrected chi connectivity index (χ4v) is 3.95. The van der Waals surface area contributed by atoms with Crippen molar-refractivity contribution in [2.24, 2.45) is 5.92 Å². The summed E-state index contributed by atoms with van der Waals surface area (Å²) in [6.45, 7) is 11.2. The Hall–Kier alpha value is -0.120. The summed E-state index contributed by atoms with van der Waals surface area (Å²) in [7, 11) is 0. The van der Waals surface area contributed by atoms with Crippen LogP contribution in [0, 0.1) is 5.92 Å². The van der Waals surface area contributed by atoms with E-state index in [1.165, 1.54) is 45.1 Å². The average Bonchev–Trinajstić information content (AvgIpc) is 2.66. The highest BCUT2D eigenvalue weighted by Crippen LogP contribution is 2.26. The Morgan fingerprint density at radius 1 is 1.15 bits per heavy atom. The Bertz CT molecular complexity index is 272. The number of hydrogen-bond acceptors (Lipinski definition) is 3. The van der Waals surface area contributed by atoms with Crippen LogP contribution in [0.1, 0.15) is 59.3 Å². The van der Waals surface area contributed by atoms with Crippen molar-refractivity contribution in [3.8, 4) is 0 Å². The molecular formula is C17H34N2O. The first-order valence-electron chi connectivity index (χ1n) is 8.83. The largest absolute Gasteiger partial charge is 0.376 e. The van der Waals surface area contributed by atoms with Crippen LogP contribution in [0.15, 0.2) is 0 Å². The van der Waals surface area contributed by atoms with Gasteiger partial charge in [-0.1, -0.05) is 33.1 Å². The normalized spacial score (nSPS) is 36.8. The van der Waals surface area contributed by atoms with Crippen LogP contribution < -0.4 is 5.32 Å². The minimum absolute atomic E-state index is 0.404. The van der Waals surface area contributed by atoms with Crippen molar-refractivity contribution in [2.75, 3.05) is 26.2 Å². The maximum atomic E-state index is 5.84. The van der Waals surface area contributed by atoms with Gasteiger partial charge in [-0.05, 0) is 38.6 Å². The molecule has 1 saturated carbocycles. The van der Waals surface area contributed by atoms with Crippen LogP contribution in [-0.4, -0.2) is 49.3 Å². The maximum Gasteiger partial charge on any atom is 0.0674 e. The van der Waals surface area contributed by atoms with Gasteiger partial charge in [-0.15, -0.1) is 0 Å². The molecule has 3 heteroatoms. The summed E-state index contributed by atoms with van der Waals surface area (Å²) < 4.78 is 5.84. The lowest BCUT2D eigenvalue weighted by Crippen LogP contribution is -2.52. The van der Waals surface area contributed by atoms with Gasteiger partial charge in [0.1, 0.15) is 0 Å². The molecule has 4 unspecified atom stereocenters. The quantitative estimate of drug-likeness (QED) is 0.784. The molecule has 2 fully saturated rings. The van der Waals surface area contributed by atoms with Gasteiger partial charge in [0.25, 0.3) is 0 Å². The summed E-state index contributed by atoms with van der Waals surface area (Å²) in [4.78, 5) is 2.72. The highest BCUT2D eigenvalue weighted by atomic mass is 16.5. The number of morpholine rings is 1. The van der Waals surface area contributed by atoms with E-state index in [1.54, 1.807) is 0 Å². The van der Waals surface area contributed by atoms with Gasteiger partial charge in [0, 0.05) is 25.2 Å². The van der Waals surface area contributed by atoms with E-state index in [1.807, 2.05) is 0 Å². The third kappa shape index (κ3) is 4.44. The van der Waals surface area contributed by atoms with E-state index < -0.39 is 0 Å². The van der Waals surface area contributed by atoms with E-state index in [-0.39, 0.29) is 0 Å². The zero-order valence-electron chi connectivity index (χ0n) is 13.7. The number of hydrogen-bond donors (Lipinski definition) is 1. The second kappa shape index (κ2) is 8.35. The molecule has 2 rings (SSSR count). The smallest absolute Gasteiger partial charge is 0.0674 e. The number of nitrogens with zero attached hydrogens (tertiary/aromatic N) is 1. The zero-order chi connectivity index (χ0) is 14.4. The van der Waals surface area contributed by atoms with Gasteiger partial charge in [-0.2, -0.15) is 0 Å². The third-order valence-corrected chi connectivity index (χ3v) is 5.15. The second-order valence-corrected chi connectivity index (χ2v) is 6.72. The van der Waals surface area contributed by atoms with Crippen molar-refractivity contribution in [3.63, 3.8) is 0 Å². The molecule has 1 saturated heterocycles. The van der Waals surface area contributed by atoms with E-state index in [2.05, 4.69) is 31.0 Å². The molecule has 0 aromatic heterocycles. The van der Waals surface area contributed by atoms with Crippen LogP contribution in [0.4, 0.5) is 0 Å². The van der Waals surface area contributed by atoms with Gasteiger partial charge in [0.15, 0.2) is 0 Å². The van der Waals surface area contributed by atoms with Crippen molar-refractivity contribution in [1.82, 2.24) is 10.2 Å². The van der Waals surface area contributed by atoms with Crippen LogP contribution in [-0.2, 0) is 4.74 Å². The molecule has 118 valence electrons. The van der Waals surface area contributed by atoms with Crippen LogP contribution in [0.3, 0.4) is 0 Å². The van der Waals surface area contributed by atoms with Gasteiger partial charge in [0.05, 0.1) is 12.7 Å². The first-order chi connectivity index (χ1) is 9.74. The Labute approximate surface area is 125 Å².